The molecule has 0 atom stereocenters. The minimum absolute atomic E-state index is 0.151. The van der Waals surface area contributed by atoms with Crippen molar-refractivity contribution in [2.75, 3.05) is 0 Å². The van der Waals surface area contributed by atoms with E-state index in [9.17, 15) is 9.90 Å². The molecule has 2 aromatic rings. The number of primary amides is 1. The molecular weight excluding hydrogens is 310 g/mol. The number of aliphatic hydroxyl groups excluding tert-OH is 1. The second-order valence-corrected chi connectivity index (χ2v) is 4.79. The van der Waals surface area contributed by atoms with Crippen molar-refractivity contribution in [2.24, 2.45) is 5.73 Å². The lowest BCUT2D eigenvalue weighted by atomic mass is 10.2. The quantitative estimate of drug-likeness (QED) is 0.909. The van der Waals surface area contributed by atoms with Crippen molar-refractivity contribution in [3.05, 3.63) is 58.1 Å². The van der Waals surface area contributed by atoms with Gasteiger partial charge in [-0.3, -0.25) is 4.79 Å². The summed E-state index contributed by atoms with van der Waals surface area (Å²) in [6.45, 7) is -0.151. The standard InChI is InChI=1S/C14H12BrNO3/c15-10-6-5-9(8-17)13(7-10)19-12-4-2-1-3-11(12)14(16)18/h1-7,17H,8H2,(H2,16,18). The van der Waals surface area contributed by atoms with Crippen molar-refractivity contribution in [1.82, 2.24) is 0 Å². The highest BCUT2D eigenvalue weighted by molar-refractivity contribution is 9.10. The molecule has 0 aliphatic carbocycles. The molecule has 0 heterocycles. The normalized spacial score (nSPS) is 10.2. The Morgan fingerprint density at radius 2 is 1.95 bits per heavy atom. The summed E-state index contributed by atoms with van der Waals surface area (Å²) in [5.74, 6) is 0.282. The average Bonchev–Trinajstić information content (AvgIpc) is 2.39. The highest BCUT2D eigenvalue weighted by Crippen LogP contribution is 2.30. The highest BCUT2D eigenvalue weighted by Gasteiger charge is 2.11. The zero-order valence-electron chi connectivity index (χ0n) is 9.97. The molecule has 0 fully saturated rings. The predicted molar refractivity (Wildman–Crippen MR) is 75.1 cm³/mol. The molecule has 0 spiro atoms. The first kappa shape index (κ1) is 13.6. The van der Waals surface area contributed by atoms with Crippen molar-refractivity contribution in [3.63, 3.8) is 0 Å². The Morgan fingerprint density at radius 3 is 2.63 bits per heavy atom. The summed E-state index contributed by atoms with van der Waals surface area (Å²) < 4.78 is 6.50. The number of carbonyl (C=O) groups is 1. The molecule has 1 amide bonds. The number of halogens is 1. The number of amides is 1. The van der Waals surface area contributed by atoms with Gasteiger partial charge in [0, 0.05) is 10.0 Å². The Kier molecular flexibility index (Phi) is 4.19. The van der Waals surface area contributed by atoms with Crippen LogP contribution in [0.1, 0.15) is 15.9 Å². The summed E-state index contributed by atoms with van der Waals surface area (Å²) in [6.07, 6.45) is 0. The van der Waals surface area contributed by atoms with Crippen LogP contribution in [0, 0.1) is 0 Å². The molecule has 0 unspecified atom stereocenters. The number of hydrogen-bond acceptors (Lipinski definition) is 3. The van der Waals surface area contributed by atoms with Gasteiger partial charge in [0.2, 0.25) is 0 Å². The summed E-state index contributed by atoms with van der Waals surface area (Å²) in [7, 11) is 0. The molecule has 0 saturated carbocycles. The van der Waals surface area contributed by atoms with E-state index in [1.807, 2.05) is 0 Å². The van der Waals surface area contributed by atoms with Crippen molar-refractivity contribution >= 4 is 21.8 Å². The smallest absolute Gasteiger partial charge is 0.252 e. The maximum atomic E-state index is 11.3. The van der Waals surface area contributed by atoms with Gasteiger partial charge < -0.3 is 15.6 Å². The number of nitrogens with two attached hydrogens (primary N) is 1. The molecule has 0 aliphatic heterocycles. The molecule has 0 aromatic heterocycles. The summed E-state index contributed by atoms with van der Waals surface area (Å²) in [6, 6.07) is 12.0. The maximum absolute atomic E-state index is 11.3. The minimum Gasteiger partial charge on any atom is -0.456 e. The van der Waals surface area contributed by atoms with Gasteiger partial charge in [0.1, 0.15) is 11.5 Å². The van der Waals surface area contributed by atoms with Crippen LogP contribution in [0.4, 0.5) is 0 Å². The van der Waals surface area contributed by atoms with Crippen molar-refractivity contribution in [2.45, 2.75) is 6.61 Å². The van der Waals surface area contributed by atoms with Gasteiger partial charge in [-0.25, -0.2) is 0 Å². The molecule has 0 aliphatic rings. The molecule has 0 bridgehead atoms. The summed E-state index contributed by atoms with van der Waals surface area (Å²) >= 11 is 3.33. The van der Waals surface area contributed by atoms with Crippen LogP contribution in [0.15, 0.2) is 46.9 Å². The number of aliphatic hydroxyl groups is 1. The topological polar surface area (TPSA) is 72.6 Å². The SMILES string of the molecule is NC(=O)c1ccccc1Oc1cc(Br)ccc1CO. The fourth-order valence-electron chi connectivity index (χ4n) is 1.63. The number of hydrogen-bond donors (Lipinski definition) is 2. The molecule has 0 radical (unpaired) electrons. The number of rotatable bonds is 4. The van der Waals surface area contributed by atoms with Crippen molar-refractivity contribution in [3.8, 4) is 11.5 Å². The minimum atomic E-state index is -0.559. The van der Waals surface area contributed by atoms with Crippen LogP contribution in [0.2, 0.25) is 0 Å². The van der Waals surface area contributed by atoms with E-state index >= 15 is 0 Å². The molecule has 4 nitrogen and oxygen atoms in total. The van der Waals surface area contributed by atoms with E-state index < -0.39 is 5.91 Å². The van der Waals surface area contributed by atoms with Gasteiger partial charge in [0.25, 0.3) is 5.91 Å². The maximum Gasteiger partial charge on any atom is 0.252 e. The van der Waals surface area contributed by atoms with E-state index in [-0.39, 0.29) is 6.61 Å². The monoisotopic (exact) mass is 321 g/mol. The van der Waals surface area contributed by atoms with Gasteiger partial charge in [-0.05, 0) is 24.3 Å². The third-order valence-corrected chi connectivity index (χ3v) is 3.07. The molecule has 2 rings (SSSR count). The Hall–Kier alpha value is -1.85. The zero-order chi connectivity index (χ0) is 13.8. The molecule has 2 aromatic carbocycles. The van der Waals surface area contributed by atoms with E-state index in [4.69, 9.17) is 10.5 Å². The number of ether oxygens (including phenoxy) is 1. The van der Waals surface area contributed by atoms with Gasteiger partial charge in [-0.1, -0.05) is 34.1 Å². The van der Waals surface area contributed by atoms with Gasteiger partial charge in [-0.15, -0.1) is 0 Å². The fraction of sp³-hybridized carbons (Fsp3) is 0.0714. The average molecular weight is 322 g/mol. The first-order chi connectivity index (χ1) is 9.11. The first-order valence-electron chi connectivity index (χ1n) is 5.58. The Balaban J connectivity index is 2.41. The molecule has 0 saturated heterocycles. The van der Waals surface area contributed by atoms with Gasteiger partial charge in [-0.2, -0.15) is 0 Å². The lowest BCUT2D eigenvalue weighted by Gasteiger charge is -2.12. The summed E-state index contributed by atoms with van der Waals surface area (Å²) in [5, 5.41) is 9.28. The van der Waals surface area contributed by atoms with E-state index in [2.05, 4.69) is 15.9 Å². The second-order valence-electron chi connectivity index (χ2n) is 3.87. The fourth-order valence-corrected chi connectivity index (χ4v) is 1.97. The Morgan fingerprint density at radius 1 is 1.21 bits per heavy atom. The molecule has 98 valence electrons. The van der Waals surface area contributed by atoms with Crippen LogP contribution in [-0.2, 0) is 6.61 Å². The zero-order valence-corrected chi connectivity index (χ0v) is 11.6. The molecular formula is C14H12BrNO3. The second kappa shape index (κ2) is 5.86. The van der Waals surface area contributed by atoms with Gasteiger partial charge in [0.05, 0.1) is 12.2 Å². The van der Waals surface area contributed by atoms with Crippen LogP contribution in [0.25, 0.3) is 0 Å². The van der Waals surface area contributed by atoms with Crippen LogP contribution in [-0.4, -0.2) is 11.0 Å². The van der Waals surface area contributed by atoms with Crippen molar-refractivity contribution < 1.29 is 14.6 Å². The number of para-hydroxylation sites is 1. The van der Waals surface area contributed by atoms with E-state index in [1.165, 1.54) is 0 Å². The summed E-state index contributed by atoms with van der Waals surface area (Å²) in [5.41, 5.74) is 6.22. The highest BCUT2D eigenvalue weighted by atomic mass is 79.9. The van der Waals surface area contributed by atoms with E-state index in [0.29, 0.717) is 22.6 Å². The van der Waals surface area contributed by atoms with Crippen LogP contribution in [0.5, 0.6) is 11.5 Å². The van der Waals surface area contributed by atoms with E-state index in [1.54, 1.807) is 42.5 Å². The number of benzene rings is 2. The predicted octanol–water partition coefficient (Wildman–Crippen LogP) is 2.83. The first-order valence-corrected chi connectivity index (χ1v) is 6.37. The number of carbonyl (C=O) groups excluding carboxylic acids is 1. The Bertz CT molecular complexity index is 613. The third-order valence-electron chi connectivity index (χ3n) is 2.57. The molecule has 5 heteroatoms. The third kappa shape index (κ3) is 3.13. The summed E-state index contributed by atoms with van der Waals surface area (Å²) in [4.78, 5) is 11.3. The van der Waals surface area contributed by atoms with Crippen LogP contribution in [0.3, 0.4) is 0 Å². The molecule has 3 N–H and O–H groups in total. The van der Waals surface area contributed by atoms with E-state index in [0.717, 1.165) is 4.47 Å². The van der Waals surface area contributed by atoms with Crippen LogP contribution < -0.4 is 10.5 Å². The lowest BCUT2D eigenvalue weighted by Crippen LogP contribution is -2.12. The largest absolute Gasteiger partial charge is 0.456 e. The van der Waals surface area contributed by atoms with Gasteiger partial charge >= 0.3 is 0 Å². The lowest BCUT2D eigenvalue weighted by molar-refractivity contribution is 0.0998. The van der Waals surface area contributed by atoms with Crippen molar-refractivity contribution in [1.29, 1.82) is 0 Å². The van der Waals surface area contributed by atoms with Gasteiger partial charge in [0.15, 0.2) is 0 Å². The van der Waals surface area contributed by atoms with Crippen LogP contribution >= 0.6 is 15.9 Å². The Labute approximate surface area is 118 Å². The molecule has 19 heavy (non-hydrogen) atoms.